The minimum absolute atomic E-state index is 0.0972. The van der Waals surface area contributed by atoms with Gasteiger partial charge in [-0.05, 0) is 6.42 Å². The monoisotopic (exact) mass is 159 g/mol. The quantitative estimate of drug-likeness (QED) is 0.569. The lowest BCUT2D eigenvalue weighted by molar-refractivity contribution is 0.00888. The van der Waals surface area contributed by atoms with E-state index >= 15 is 0 Å². The van der Waals surface area contributed by atoms with Crippen LogP contribution in [0.3, 0.4) is 0 Å². The smallest absolute Gasteiger partial charge is 0.169 e. The number of fused-ring (bicyclic) bond motifs is 1. The Hall–Kier alpha value is 0.270. The van der Waals surface area contributed by atoms with Crippen molar-refractivity contribution in [2.75, 3.05) is 25.4 Å². The van der Waals surface area contributed by atoms with Crippen LogP contribution in [0.25, 0.3) is 0 Å². The summed E-state index contributed by atoms with van der Waals surface area (Å²) in [5.41, 5.74) is 0. The molecular weight excluding hydrogens is 146 g/mol. The van der Waals surface area contributed by atoms with Gasteiger partial charge in [0, 0.05) is 18.8 Å². The second kappa shape index (κ2) is 2.40. The number of rotatable bonds is 1. The Morgan fingerprint density at radius 2 is 2.50 bits per heavy atom. The lowest BCUT2D eigenvalue weighted by atomic mass is 10.4. The molecule has 2 aliphatic rings. The molecule has 0 aliphatic carbocycles. The summed E-state index contributed by atoms with van der Waals surface area (Å²) in [6.45, 7) is 5.50. The van der Waals surface area contributed by atoms with Gasteiger partial charge in [-0.3, -0.25) is 4.90 Å². The summed E-state index contributed by atoms with van der Waals surface area (Å²) in [7, 11) is 0. The van der Waals surface area contributed by atoms with Crippen LogP contribution in [-0.2, 0) is 4.74 Å². The topological polar surface area (TPSA) is 12.5 Å². The first-order valence-corrected chi connectivity index (χ1v) is 4.89. The molecule has 2 heterocycles. The molecule has 0 aromatic carbocycles. The Balaban J connectivity index is 2.15. The van der Waals surface area contributed by atoms with Crippen LogP contribution in [0.4, 0.5) is 0 Å². The van der Waals surface area contributed by atoms with E-state index in [2.05, 4.69) is 11.8 Å². The largest absolute Gasteiger partial charge is 0.350 e. The zero-order valence-electron chi connectivity index (χ0n) is 6.30. The second-order valence-corrected chi connectivity index (χ2v) is 4.09. The molecule has 0 amide bonds. The highest BCUT2D eigenvalue weighted by Crippen LogP contribution is 2.42. The molecule has 0 spiro atoms. The van der Waals surface area contributed by atoms with E-state index in [1.54, 1.807) is 0 Å². The summed E-state index contributed by atoms with van der Waals surface area (Å²) in [5, 5.41) is 0.0972. The molecule has 58 valence electrons. The highest BCUT2D eigenvalue weighted by atomic mass is 32.2. The van der Waals surface area contributed by atoms with Gasteiger partial charge in [-0.2, -0.15) is 0 Å². The molecule has 2 rings (SSSR count). The number of hydrogen-bond donors (Lipinski definition) is 0. The molecule has 0 bridgehead atoms. The third-order valence-corrected chi connectivity index (χ3v) is 3.81. The predicted molar refractivity (Wildman–Crippen MR) is 43.0 cm³/mol. The van der Waals surface area contributed by atoms with Gasteiger partial charge in [-0.15, -0.1) is 11.8 Å². The minimum Gasteiger partial charge on any atom is -0.350 e. The van der Waals surface area contributed by atoms with E-state index in [9.17, 15) is 0 Å². The van der Waals surface area contributed by atoms with Crippen molar-refractivity contribution in [2.24, 2.45) is 0 Å². The Morgan fingerprint density at radius 3 is 3.20 bits per heavy atom. The number of hydrogen-bond acceptors (Lipinski definition) is 3. The molecule has 2 nitrogen and oxygen atoms in total. The van der Waals surface area contributed by atoms with Crippen LogP contribution in [-0.4, -0.2) is 35.4 Å². The first-order chi connectivity index (χ1) is 4.87. The highest BCUT2D eigenvalue weighted by molar-refractivity contribution is 8.00. The van der Waals surface area contributed by atoms with Crippen LogP contribution in [0.1, 0.15) is 13.3 Å². The summed E-state index contributed by atoms with van der Waals surface area (Å²) in [4.78, 5) is 2.46. The lowest BCUT2D eigenvalue weighted by Crippen LogP contribution is -2.36. The fourth-order valence-electron chi connectivity index (χ4n) is 1.74. The normalized spacial score (nSPS) is 40.5. The average molecular weight is 159 g/mol. The molecule has 2 fully saturated rings. The molecule has 3 heteroatoms. The molecule has 2 saturated heterocycles. The van der Waals surface area contributed by atoms with Crippen molar-refractivity contribution in [1.82, 2.24) is 4.90 Å². The fraction of sp³-hybridized carbons (Fsp3) is 1.00. The summed E-state index contributed by atoms with van der Waals surface area (Å²) in [5.74, 6) is 1.24. The maximum absolute atomic E-state index is 5.70. The Labute approximate surface area is 65.9 Å². The maximum Gasteiger partial charge on any atom is 0.169 e. The lowest BCUT2D eigenvalue weighted by Gasteiger charge is -2.27. The van der Waals surface area contributed by atoms with Gasteiger partial charge in [-0.1, -0.05) is 6.92 Å². The molecule has 0 unspecified atom stereocenters. The molecule has 2 aliphatic heterocycles. The third kappa shape index (κ3) is 0.807. The first kappa shape index (κ1) is 6.95. The van der Waals surface area contributed by atoms with Gasteiger partial charge in [0.05, 0.1) is 6.61 Å². The van der Waals surface area contributed by atoms with Crippen LogP contribution in [0.15, 0.2) is 0 Å². The zero-order valence-corrected chi connectivity index (χ0v) is 7.12. The van der Waals surface area contributed by atoms with Gasteiger partial charge in [-0.25, -0.2) is 0 Å². The van der Waals surface area contributed by atoms with Crippen LogP contribution in [0.5, 0.6) is 0 Å². The number of nitrogens with zero attached hydrogens (tertiary/aromatic N) is 1. The minimum atomic E-state index is 0.0972. The average Bonchev–Trinajstić information content (AvgIpc) is 2.42. The van der Waals surface area contributed by atoms with E-state index in [1.165, 1.54) is 12.3 Å². The van der Waals surface area contributed by atoms with E-state index in [4.69, 9.17) is 4.74 Å². The van der Waals surface area contributed by atoms with Gasteiger partial charge in [0.2, 0.25) is 0 Å². The molecule has 10 heavy (non-hydrogen) atoms. The van der Waals surface area contributed by atoms with E-state index in [0.717, 1.165) is 19.6 Å². The summed E-state index contributed by atoms with van der Waals surface area (Å²) < 4.78 is 5.70. The van der Waals surface area contributed by atoms with Crippen molar-refractivity contribution in [3.05, 3.63) is 0 Å². The number of thioether (sulfide) groups is 1. The van der Waals surface area contributed by atoms with Gasteiger partial charge in [0.1, 0.15) is 0 Å². The van der Waals surface area contributed by atoms with Crippen molar-refractivity contribution >= 4 is 11.8 Å². The molecule has 0 aromatic rings. The zero-order chi connectivity index (χ0) is 7.03. The first-order valence-electron chi connectivity index (χ1n) is 3.90. The van der Waals surface area contributed by atoms with Crippen LogP contribution in [0.2, 0.25) is 0 Å². The summed E-state index contributed by atoms with van der Waals surface area (Å²) in [6.07, 6.45) is 1.12. The van der Waals surface area contributed by atoms with Gasteiger partial charge in [0.25, 0.3) is 0 Å². The van der Waals surface area contributed by atoms with E-state index in [0.29, 0.717) is 0 Å². The summed E-state index contributed by atoms with van der Waals surface area (Å²) in [6, 6.07) is 0. The van der Waals surface area contributed by atoms with Gasteiger partial charge >= 0.3 is 0 Å². The molecule has 1 atom stereocenters. The highest BCUT2D eigenvalue weighted by Gasteiger charge is 2.44. The van der Waals surface area contributed by atoms with Crippen molar-refractivity contribution in [3.8, 4) is 0 Å². The van der Waals surface area contributed by atoms with Gasteiger partial charge in [0.15, 0.2) is 5.06 Å². The standard InChI is InChI=1S/C7H13NOS/c1-2-7-8(3-5-9-7)4-6-10-7/h2-6H2,1H3/t7-/m1/s1. The van der Waals surface area contributed by atoms with Crippen LogP contribution in [0, 0.1) is 0 Å². The van der Waals surface area contributed by atoms with E-state index in [1.807, 2.05) is 11.8 Å². The van der Waals surface area contributed by atoms with Crippen LogP contribution < -0.4 is 0 Å². The summed E-state index contributed by atoms with van der Waals surface area (Å²) >= 11 is 1.96. The second-order valence-electron chi connectivity index (χ2n) is 2.75. The van der Waals surface area contributed by atoms with Gasteiger partial charge < -0.3 is 4.74 Å². The van der Waals surface area contributed by atoms with Crippen molar-refractivity contribution in [3.63, 3.8) is 0 Å². The fourth-order valence-corrected chi connectivity index (χ4v) is 3.10. The van der Waals surface area contributed by atoms with E-state index < -0.39 is 0 Å². The predicted octanol–water partition coefficient (Wildman–Crippen LogP) is 1.13. The molecular formula is C7H13NOS. The molecule has 0 N–H and O–H groups in total. The van der Waals surface area contributed by atoms with Crippen molar-refractivity contribution in [2.45, 2.75) is 18.4 Å². The molecule has 0 saturated carbocycles. The van der Waals surface area contributed by atoms with E-state index in [-0.39, 0.29) is 5.06 Å². The van der Waals surface area contributed by atoms with Crippen molar-refractivity contribution in [1.29, 1.82) is 0 Å². The molecule has 0 aromatic heterocycles. The Kier molecular flexibility index (Phi) is 1.66. The number of ether oxygens (including phenoxy) is 1. The maximum atomic E-state index is 5.70. The van der Waals surface area contributed by atoms with Crippen molar-refractivity contribution < 1.29 is 4.74 Å². The van der Waals surface area contributed by atoms with Crippen LogP contribution >= 0.6 is 11.8 Å². The molecule has 0 radical (unpaired) electrons. The SMILES string of the molecule is CC[C@]12OCCN1CCS2. The Bertz CT molecular complexity index is 130. The Morgan fingerprint density at radius 1 is 1.60 bits per heavy atom. The third-order valence-electron chi connectivity index (χ3n) is 2.31.